The molecular formula is C11H12ClNO. The number of benzene rings is 1. The molecule has 0 spiro atoms. The fourth-order valence-electron chi connectivity index (χ4n) is 1.58. The molecule has 1 saturated carbocycles. The van der Waals surface area contributed by atoms with Crippen molar-refractivity contribution in [2.75, 3.05) is 5.73 Å². The van der Waals surface area contributed by atoms with E-state index in [0.717, 1.165) is 6.42 Å². The van der Waals surface area contributed by atoms with Crippen LogP contribution in [0.2, 0.25) is 5.02 Å². The van der Waals surface area contributed by atoms with Crippen LogP contribution in [0.1, 0.15) is 23.7 Å². The van der Waals surface area contributed by atoms with Gasteiger partial charge in [-0.3, -0.25) is 4.79 Å². The maximum Gasteiger partial charge on any atom is 0.166 e. The summed E-state index contributed by atoms with van der Waals surface area (Å²) >= 11 is 5.84. The van der Waals surface area contributed by atoms with Crippen molar-refractivity contribution in [3.8, 4) is 0 Å². The van der Waals surface area contributed by atoms with Crippen molar-refractivity contribution in [2.45, 2.75) is 13.3 Å². The molecule has 2 nitrogen and oxygen atoms in total. The average molecular weight is 210 g/mol. The molecule has 0 radical (unpaired) electrons. The minimum absolute atomic E-state index is 0.194. The van der Waals surface area contributed by atoms with Crippen molar-refractivity contribution < 1.29 is 4.79 Å². The van der Waals surface area contributed by atoms with Gasteiger partial charge in [0, 0.05) is 11.5 Å². The zero-order chi connectivity index (χ0) is 10.3. The van der Waals surface area contributed by atoms with Gasteiger partial charge < -0.3 is 5.73 Å². The van der Waals surface area contributed by atoms with Crippen LogP contribution in [0.15, 0.2) is 18.2 Å². The third-order valence-corrected chi connectivity index (χ3v) is 3.06. The van der Waals surface area contributed by atoms with Crippen LogP contribution in [0.5, 0.6) is 0 Å². The lowest BCUT2D eigenvalue weighted by Crippen LogP contribution is -2.03. The molecule has 2 N–H and O–H groups in total. The molecule has 2 unspecified atom stereocenters. The molecule has 2 atom stereocenters. The normalized spacial score (nSPS) is 24.7. The fraction of sp³-hybridized carbons (Fsp3) is 0.364. The van der Waals surface area contributed by atoms with E-state index in [0.29, 0.717) is 22.2 Å². The van der Waals surface area contributed by atoms with Crippen molar-refractivity contribution in [3.63, 3.8) is 0 Å². The van der Waals surface area contributed by atoms with E-state index in [1.807, 2.05) is 0 Å². The maximum absolute atomic E-state index is 11.8. The number of Topliss-reactive ketones (excluding diaryl/α,β-unsaturated/α-hetero) is 1. The fourth-order valence-corrected chi connectivity index (χ4v) is 1.76. The van der Waals surface area contributed by atoms with E-state index in [2.05, 4.69) is 6.92 Å². The summed E-state index contributed by atoms with van der Waals surface area (Å²) in [5.74, 6) is 0.924. The summed E-state index contributed by atoms with van der Waals surface area (Å²) < 4.78 is 0. The number of ketones is 1. The Morgan fingerprint density at radius 1 is 1.57 bits per heavy atom. The molecule has 0 amide bonds. The summed E-state index contributed by atoms with van der Waals surface area (Å²) in [6, 6.07) is 5.08. The topological polar surface area (TPSA) is 43.1 Å². The van der Waals surface area contributed by atoms with Crippen LogP contribution >= 0.6 is 11.6 Å². The van der Waals surface area contributed by atoms with E-state index in [-0.39, 0.29) is 11.7 Å². The summed E-state index contributed by atoms with van der Waals surface area (Å²) in [4.78, 5) is 11.8. The number of hydrogen-bond donors (Lipinski definition) is 1. The summed E-state index contributed by atoms with van der Waals surface area (Å²) in [5, 5.41) is 0.462. The molecule has 1 fully saturated rings. The Balaban J connectivity index is 2.24. The van der Waals surface area contributed by atoms with Gasteiger partial charge in [-0.05, 0) is 30.5 Å². The Labute approximate surface area is 88.1 Å². The highest BCUT2D eigenvalue weighted by molar-refractivity contribution is 6.33. The molecule has 0 aliphatic heterocycles. The molecule has 14 heavy (non-hydrogen) atoms. The lowest BCUT2D eigenvalue weighted by Gasteiger charge is -2.02. The standard InChI is InChI=1S/C11H12ClNO/c1-6-4-8(6)11(14)7-2-3-10(13)9(12)5-7/h2-3,5-6,8H,4,13H2,1H3. The van der Waals surface area contributed by atoms with Gasteiger partial charge in [-0.15, -0.1) is 0 Å². The molecule has 1 aromatic carbocycles. The van der Waals surface area contributed by atoms with Crippen LogP contribution in [0.3, 0.4) is 0 Å². The smallest absolute Gasteiger partial charge is 0.166 e. The second-order valence-electron chi connectivity index (χ2n) is 3.92. The first-order valence-corrected chi connectivity index (χ1v) is 5.06. The largest absolute Gasteiger partial charge is 0.398 e. The lowest BCUT2D eigenvalue weighted by molar-refractivity contribution is 0.0962. The Kier molecular flexibility index (Phi) is 2.23. The predicted octanol–water partition coefficient (Wildman–Crippen LogP) is 2.76. The van der Waals surface area contributed by atoms with Gasteiger partial charge in [0.25, 0.3) is 0 Å². The molecule has 1 aliphatic carbocycles. The molecule has 0 saturated heterocycles. The summed E-state index contributed by atoms with van der Waals surface area (Å²) in [7, 11) is 0. The van der Waals surface area contributed by atoms with Crippen molar-refractivity contribution in [1.29, 1.82) is 0 Å². The minimum atomic E-state index is 0.194. The summed E-state index contributed by atoms with van der Waals surface area (Å²) in [6.45, 7) is 2.08. The Bertz CT molecular complexity index is 389. The van der Waals surface area contributed by atoms with Crippen molar-refractivity contribution in [1.82, 2.24) is 0 Å². The summed E-state index contributed by atoms with van der Waals surface area (Å²) in [6.07, 6.45) is 1.00. The van der Waals surface area contributed by atoms with Gasteiger partial charge >= 0.3 is 0 Å². The number of nitrogen functional groups attached to an aromatic ring is 1. The molecule has 0 heterocycles. The first-order valence-electron chi connectivity index (χ1n) is 4.69. The highest BCUT2D eigenvalue weighted by Gasteiger charge is 2.39. The van der Waals surface area contributed by atoms with E-state index in [4.69, 9.17) is 17.3 Å². The third-order valence-electron chi connectivity index (χ3n) is 2.73. The lowest BCUT2D eigenvalue weighted by atomic mass is 10.1. The molecule has 1 aliphatic rings. The van der Waals surface area contributed by atoms with Crippen LogP contribution in [0, 0.1) is 11.8 Å². The van der Waals surface area contributed by atoms with Crippen LogP contribution < -0.4 is 5.73 Å². The number of anilines is 1. The molecule has 1 aromatic rings. The van der Waals surface area contributed by atoms with E-state index in [9.17, 15) is 4.79 Å². The second kappa shape index (κ2) is 3.28. The van der Waals surface area contributed by atoms with Gasteiger partial charge in [0.2, 0.25) is 0 Å². The van der Waals surface area contributed by atoms with Gasteiger partial charge in [-0.25, -0.2) is 0 Å². The third kappa shape index (κ3) is 1.62. The molecule has 74 valence electrons. The molecule has 3 heteroatoms. The van der Waals surface area contributed by atoms with Crippen molar-refractivity contribution in [2.24, 2.45) is 11.8 Å². The van der Waals surface area contributed by atoms with E-state index < -0.39 is 0 Å². The highest BCUT2D eigenvalue weighted by Crippen LogP contribution is 2.40. The number of hydrogen-bond acceptors (Lipinski definition) is 2. The molecule has 2 rings (SSSR count). The zero-order valence-corrected chi connectivity index (χ0v) is 8.71. The van der Waals surface area contributed by atoms with Gasteiger partial charge in [0.1, 0.15) is 0 Å². The number of carbonyl (C=O) groups excluding carboxylic acids is 1. The maximum atomic E-state index is 11.8. The van der Waals surface area contributed by atoms with Crippen molar-refractivity contribution in [3.05, 3.63) is 28.8 Å². The zero-order valence-electron chi connectivity index (χ0n) is 7.96. The van der Waals surface area contributed by atoms with Gasteiger partial charge in [-0.2, -0.15) is 0 Å². The highest BCUT2D eigenvalue weighted by atomic mass is 35.5. The molecule has 0 aromatic heterocycles. The Morgan fingerprint density at radius 2 is 2.21 bits per heavy atom. The number of halogens is 1. The van der Waals surface area contributed by atoms with Crippen molar-refractivity contribution >= 4 is 23.1 Å². The van der Waals surface area contributed by atoms with Crippen LogP contribution in [-0.4, -0.2) is 5.78 Å². The van der Waals surface area contributed by atoms with E-state index in [1.165, 1.54) is 0 Å². The Morgan fingerprint density at radius 3 is 2.71 bits per heavy atom. The Hall–Kier alpha value is -1.02. The average Bonchev–Trinajstić information content (AvgIpc) is 2.86. The molecule has 0 bridgehead atoms. The monoisotopic (exact) mass is 209 g/mol. The number of carbonyl (C=O) groups is 1. The van der Waals surface area contributed by atoms with Gasteiger partial charge in [0.15, 0.2) is 5.78 Å². The minimum Gasteiger partial charge on any atom is -0.398 e. The second-order valence-corrected chi connectivity index (χ2v) is 4.33. The first kappa shape index (κ1) is 9.53. The van der Waals surface area contributed by atoms with E-state index >= 15 is 0 Å². The SMILES string of the molecule is CC1CC1C(=O)c1ccc(N)c(Cl)c1. The van der Waals surface area contributed by atoms with Gasteiger partial charge in [0.05, 0.1) is 10.7 Å². The number of rotatable bonds is 2. The predicted molar refractivity (Wildman–Crippen MR) is 57.5 cm³/mol. The van der Waals surface area contributed by atoms with Crippen LogP contribution in [0.4, 0.5) is 5.69 Å². The quantitative estimate of drug-likeness (QED) is 0.601. The van der Waals surface area contributed by atoms with Crippen LogP contribution in [0.25, 0.3) is 0 Å². The molecular weight excluding hydrogens is 198 g/mol. The number of nitrogens with two attached hydrogens (primary N) is 1. The van der Waals surface area contributed by atoms with Gasteiger partial charge in [-0.1, -0.05) is 18.5 Å². The summed E-state index contributed by atoms with van der Waals surface area (Å²) in [5.41, 5.74) is 6.76. The van der Waals surface area contributed by atoms with Crippen LogP contribution in [-0.2, 0) is 0 Å². The van der Waals surface area contributed by atoms with E-state index in [1.54, 1.807) is 18.2 Å². The first-order chi connectivity index (χ1) is 6.59.